The van der Waals surface area contributed by atoms with Gasteiger partial charge in [-0.3, -0.25) is 0 Å². The molecular weight excluding hydrogens is 857 g/mol. The van der Waals surface area contributed by atoms with E-state index in [4.69, 9.17) is 15.0 Å². The Labute approximate surface area is 382 Å². The molecule has 9 aromatic carbocycles. The minimum absolute atomic E-state index is 0.334. The first-order valence-electron chi connectivity index (χ1n) is 21.7. The average Bonchev–Trinajstić information content (AvgIpc) is 4.12. The second-order valence-electron chi connectivity index (χ2n) is 16.5. The van der Waals surface area contributed by atoms with Crippen molar-refractivity contribution in [1.29, 1.82) is 0 Å². The summed E-state index contributed by atoms with van der Waals surface area (Å²) in [5.41, 5.74) is 7.05. The Morgan fingerprint density at radius 1 is 0.348 bits per heavy atom. The number of hydrogen-bond donors (Lipinski definition) is 0. The van der Waals surface area contributed by atoms with Crippen molar-refractivity contribution in [1.82, 2.24) is 24.1 Å². The smallest absolute Gasteiger partial charge is 0.167 e. The van der Waals surface area contributed by atoms with E-state index in [-0.39, 0.29) is 11.6 Å². The molecule has 0 saturated carbocycles. The maximum Gasteiger partial charge on any atom is 0.167 e. The fraction of sp³-hybridized carbons (Fsp3) is 0. The summed E-state index contributed by atoms with van der Waals surface area (Å²) in [6.07, 6.45) is 0. The lowest BCUT2D eigenvalue weighted by Crippen LogP contribution is -2.06. The maximum absolute atomic E-state index is 17.3. The first-order chi connectivity index (χ1) is 32.6. The van der Waals surface area contributed by atoms with Gasteiger partial charge >= 0.3 is 0 Å². The molecule has 0 atom stereocenters. The van der Waals surface area contributed by atoms with Crippen molar-refractivity contribution in [2.24, 2.45) is 0 Å². The van der Waals surface area contributed by atoms with E-state index in [2.05, 4.69) is 57.7 Å². The molecule has 9 heteroatoms. The van der Waals surface area contributed by atoms with E-state index < -0.39 is 0 Å². The summed E-state index contributed by atoms with van der Waals surface area (Å²) in [4.78, 5) is 16.3. The van der Waals surface area contributed by atoms with E-state index >= 15 is 8.78 Å². The third-order valence-corrected chi connectivity index (χ3v) is 15.3. The highest BCUT2D eigenvalue weighted by molar-refractivity contribution is 7.26. The molecule has 5 aromatic heterocycles. The molecular formula is C57H31F2N5S2. The Kier molecular flexibility index (Phi) is 8.02. The van der Waals surface area contributed by atoms with E-state index in [9.17, 15) is 0 Å². The largest absolute Gasteiger partial charge is 0.308 e. The van der Waals surface area contributed by atoms with Gasteiger partial charge in [-0.25, -0.2) is 23.7 Å². The fourth-order valence-corrected chi connectivity index (χ4v) is 12.7. The predicted molar refractivity (Wildman–Crippen MR) is 271 cm³/mol. The van der Waals surface area contributed by atoms with Crippen LogP contribution in [0.25, 0.3) is 129 Å². The number of fused-ring (bicyclic) bond motifs is 12. The number of rotatable bonds is 5. The van der Waals surface area contributed by atoms with Gasteiger partial charge < -0.3 is 9.13 Å². The number of benzene rings is 9. The van der Waals surface area contributed by atoms with Crippen LogP contribution in [0.3, 0.4) is 0 Å². The first-order valence-corrected chi connectivity index (χ1v) is 23.3. The first kappa shape index (κ1) is 37.3. The molecule has 0 aliphatic rings. The zero-order valence-electron chi connectivity index (χ0n) is 34.7. The van der Waals surface area contributed by atoms with Crippen molar-refractivity contribution >= 4 is 107 Å². The zero-order chi connectivity index (χ0) is 43.6. The molecule has 0 saturated heterocycles. The van der Waals surface area contributed by atoms with Crippen LogP contribution in [0.15, 0.2) is 188 Å². The summed E-state index contributed by atoms with van der Waals surface area (Å²) in [5.74, 6) is 0.520. The fourth-order valence-electron chi connectivity index (χ4n) is 10.1. The minimum Gasteiger partial charge on any atom is -0.308 e. The van der Waals surface area contributed by atoms with Crippen LogP contribution in [0.4, 0.5) is 8.78 Å². The molecule has 0 radical (unpaired) electrons. The molecule has 0 N–H and O–H groups in total. The Balaban J connectivity index is 1.17. The highest BCUT2D eigenvalue weighted by Gasteiger charge is 2.29. The van der Waals surface area contributed by atoms with Gasteiger partial charge in [-0.2, -0.15) is 0 Å². The number of para-hydroxylation sites is 4. The van der Waals surface area contributed by atoms with Gasteiger partial charge in [-0.1, -0.05) is 140 Å². The Hall–Kier alpha value is -8.11. The number of hydrogen-bond acceptors (Lipinski definition) is 5. The quantitative estimate of drug-likeness (QED) is 0.173. The Morgan fingerprint density at radius 3 is 1.09 bits per heavy atom. The summed E-state index contributed by atoms with van der Waals surface area (Å²) < 4.78 is 42.2. The Morgan fingerprint density at radius 2 is 0.682 bits per heavy atom. The standard InChI is InChI=1S/C57H31F2N5S2/c58-39-30-45(63-41-24-10-4-18-33(41)34-19-5-11-25-42(34)63)51(53-49(39)37-22-8-14-28-47(37)65-53)56-60-55(32-16-2-1-3-17-32)61-57(62-56)52-46(31-40(59)50-38-23-9-15-29-48(38)66-54(50)52)64-43-26-12-6-20-35(43)36-21-7-13-27-44(36)64/h1-31H. The summed E-state index contributed by atoms with van der Waals surface area (Å²) in [5, 5.41) is 6.86. The van der Waals surface area contributed by atoms with Crippen molar-refractivity contribution in [2.45, 2.75) is 0 Å². The summed E-state index contributed by atoms with van der Waals surface area (Å²) in [6, 6.07) is 62.0. The number of aromatic nitrogens is 5. The zero-order valence-corrected chi connectivity index (χ0v) is 36.3. The average molecular weight is 888 g/mol. The number of halogens is 2. The Bertz CT molecular complexity index is 3970. The molecule has 0 aliphatic carbocycles. The van der Waals surface area contributed by atoms with Gasteiger partial charge in [-0.05, 0) is 48.5 Å². The molecule has 0 aliphatic heterocycles. The van der Waals surface area contributed by atoms with Crippen LogP contribution in [0, 0.1) is 11.6 Å². The molecule has 66 heavy (non-hydrogen) atoms. The van der Waals surface area contributed by atoms with Gasteiger partial charge in [0.25, 0.3) is 0 Å². The van der Waals surface area contributed by atoms with Crippen LogP contribution < -0.4 is 0 Å². The molecule has 5 nitrogen and oxygen atoms in total. The molecule has 0 fully saturated rings. The van der Waals surface area contributed by atoms with Crippen LogP contribution in [-0.4, -0.2) is 24.1 Å². The van der Waals surface area contributed by atoms with Crippen LogP contribution in [0.5, 0.6) is 0 Å². The lowest BCUT2D eigenvalue weighted by molar-refractivity contribution is 0.639. The van der Waals surface area contributed by atoms with E-state index in [1.54, 1.807) is 12.1 Å². The lowest BCUT2D eigenvalue weighted by Gasteiger charge is -2.18. The van der Waals surface area contributed by atoms with Crippen LogP contribution in [-0.2, 0) is 0 Å². The topological polar surface area (TPSA) is 48.5 Å². The van der Waals surface area contributed by atoms with E-state index in [1.165, 1.54) is 22.7 Å². The number of nitrogens with zero attached hydrogens (tertiary/aromatic N) is 5. The van der Waals surface area contributed by atoms with E-state index in [0.717, 1.165) is 78.7 Å². The van der Waals surface area contributed by atoms with Crippen molar-refractivity contribution in [3.05, 3.63) is 200 Å². The van der Waals surface area contributed by atoms with Crippen LogP contribution in [0.2, 0.25) is 0 Å². The summed E-state index contributed by atoms with van der Waals surface area (Å²) >= 11 is 3.06. The maximum atomic E-state index is 17.3. The molecule has 5 heterocycles. The second kappa shape index (κ2) is 14.2. The summed E-state index contributed by atoms with van der Waals surface area (Å²) in [6.45, 7) is 0. The molecule has 0 spiro atoms. The molecule has 310 valence electrons. The van der Waals surface area contributed by atoms with E-state index in [0.29, 0.717) is 50.7 Å². The molecule has 0 amide bonds. The van der Waals surface area contributed by atoms with Gasteiger partial charge in [0.2, 0.25) is 0 Å². The van der Waals surface area contributed by atoms with E-state index in [1.807, 2.05) is 127 Å². The highest BCUT2D eigenvalue weighted by atomic mass is 32.1. The summed E-state index contributed by atoms with van der Waals surface area (Å²) in [7, 11) is 0. The molecule has 14 rings (SSSR count). The normalized spacial score (nSPS) is 12.1. The lowest BCUT2D eigenvalue weighted by atomic mass is 10.0. The molecule has 0 unspecified atom stereocenters. The van der Waals surface area contributed by atoms with Crippen molar-refractivity contribution in [3.63, 3.8) is 0 Å². The van der Waals surface area contributed by atoms with Gasteiger partial charge in [0, 0.05) is 58.1 Å². The monoisotopic (exact) mass is 887 g/mol. The third kappa shape index (κ3) is 5.32. The van der Waals surface area contributed by atoms with Gasteiger partial charge in [0.15, 0.2) is 17.5 Å². The van der Waals surface area contributed by atoms with Crippen LogP contribution >= 0.6 is 22.7 Å². The third-order valence-electron chi connectivity index (χ3n) is 12.9. The minimum atomic E-state index is -0.334. The van der Waals surface area contributed by atoms with Crippen molar-refractivity contribution in [2.75, 3.05) is 0 Å². The van der Waals surface area contributed by atoms with Crippen molar-refractivity contribution in [3.8, 4) is 45.5 Å². The van der Waals surface area contributed by atoms with Gasteiger partial charge in [0.1, 0.15) is 11.6 Å². The highest BCUT2D eigenvalue weighted by Crippen LogP contribution is 2.49. The number of thiophene rings is 2. The van der Waals surface area contributed by atoms with Crippen molar-refractivity contribution < 1.29 is 8.78 Å². The molecule has 0 bridgehead atoms. The van der Waals surface area contributed by atoms with Gasteiger partial charge in [-0.15, -0.1) is 22.7 Å². The molecule has 14 aromatic rings. The predicted octanol–water partition coefficient (Wildman–Crippen LogP) is 16.1. The van der Waals surface area contributed by atoms with Crippen LogP contribution in [0.1, 0.15) is 0 Å². The van der Waals surface area contributed by atoms with Gasteiger partial charge in [0.05, 0.1) is 54.0 Å². The SMILES string of the molecule is Fc1cc(-n2c3ccccc3c3ccccc32)c(-c2nc(-c3ccccc3)nc(-c3c(-n4c5ccccc5c5ccccc54)cc(F)c4c3sc3ccccc34)n2)c2sc3ccccc3c12. The second-order valence-corrected chi connectivity index (χ2v) is 18.6.